The molecule has 0 aromatic heterocycles. The Kier molecular flexibility index (Phi) is 1.83. The van der Waals surface area contributed by atoms with Crippen LogP contribution in [0.2, 0.25) is 5.02 Å². The molecule has 0 radical (unpaired) electrons. The number of rotatable bonds is 0. The van der Waals surface area contributed by atoms with Gasteiger partial charge in [-0.05, 0) is 6.92 Å². The summed E-state index contributed by atoms with van der Waals surface area (Å²) in [5, 5.41) is 27.0. The Hall–Kier alpha value is -1.09. The molecule has 3 N–H and O–H groups in total. The van der Waals surface area contributed by atoms with Gasteiger partial charge in [-0.1, -0.05) is 11.6 Å². The normalized spacial score (nSPS) is 10.0. The van der Waals surface area contributed by atoms with Crippen LogP contribution >= 0.6 is 11.6 Å². The molecule has 1 aromatic carbocycles. The highest BCUT2D eigenvalue weighted by molar-refractivity contribution is 6.33. The van der Waals surface area contributed by atoms with Crippen molar-refractivity contribution in [3.05, 3.63) is 16.7 Å². The summed E-state index contributed by atoms with van der Waals surface area (Å²) in [5.74, 6) is -0.791. The predicted molar refractivity (Wildman–Crippen MR) is 41.2 cm³/mol. The lowest BCUT2D eigenvalue weighted by Gasteiger charge is -2.04. The molecule has 3 nitrogen and oxygen atoms in total. The molecule has 60 valence electrons. The highest BCUT2D eigenvalue weighted by Gasteiger charge is 2.11. The molecule has 0 aliphatic rings. The molecule has 0 fully saturated rings. The van der Waals surface area contributed by atoms with Crippen LogP contribution in [0.4, 0.5) is 0 Å². The Morgan fingerprint density at radius 1 is 1.18 bits per heavy atom. The van der Waals surface area contributed by atoms with Crippen LogP contribution in [0, 0.1) is 6.92 Å². The van der Waals surface area contributed by atoms with Crippen molar-refractivity contribution >= 4 is 11.6 Å². The van der Waals surface area contributed by atoms with Gasteiger partial charge in [-0.2, -0.15) is 0 Å². The van der Waals surface area contributed by atoms with Gasteiger partial charge in [0, 0.05) is 11.6 Å². The summed E-state index contributed by atoms with van der Waals surface area (Å²) in [6.07, 6.45) is 0. The van der Waals surface area contributed by atoms with Gasteiger partial charge >= 0.3 is 0 Å². The molecule has 4 heteroatoms. The average Bonchev–Trinajstić information content (AvgIpc) is 1.97. The fourth-order valence-electron chi connectivity index (χ4n) is 0.708. The van der Waals surface area contributed by atoms with E-state index in [-0.39, 0.29) is 27.8 Å². The molecule has 0 unspecified atom stereocenters. The summed E-state index contributed by atoms with van der Waals surface area (Å²) in [6, 6.07) is 1.08. The Morgan fingerprint density at radius 2 is 1.73 bits per heavy atom. The van der Waals surface area contributed by atoms with E-state index in [0.29, 0.717) is 0 Å². The number of benzene rings is 1. The lowest BCUT2D eigenvalue weighted by atomic mass is 10.2. The zero-order valence-corrected chi connectivity index (χ0v) is 6.55. The zero-order chi connectivity index (χ0) is 8.59. The molecular formula is C7H7ClO3. The minimum absolute atomic E-state index is 0.139. The number of hydrogen-bond donors (Lipinski definition) is 3. The van der Waals surface area contributed by atoms with E-state index in [2.05, 4.69) is 0 Å². The van der Waals surface area contributed by atoms with E-state index in [1.807, 2.05) is 0 Å². The van der Waals surface area contributed by atoms with Crippen LogP contribution in [-0.2, 0) is 0 Å². The molecule has 0 saturated heterocycles. The second kappa shape index (κ2) is 2.51. The van der Waals surface area contributed by atoms with E-state index in [9.17, 15) is 0 Å². The minimum Gasteiger partial charge on any atom is -0.507 e. The van der Waals surface area contributed by atoms with E-state index in [0.717, 1.165) is 6.07 Å². The zero-order valence-electron chi connectivity index (χ0n) is 5.80. The van der Waals surface area contributed by atoms with Gasteiger partial charge in [0.05, 0.1) is 0 Å². The number of hydrogen-bond acceptors (Lipinski definition) is 3. The van der Waals surface area contributed by atoms with Crippen LogP contribution < -0.4 is 0 Å². The van der Waals surface area contributed by atoms with Crippen molar-refractivity contribution in [2.75, 3.05) is 0 Å². The van der Waals surface area contributed by atoms with Crippen LogP contribution in [0.3, 0.4) is 0 Å². The fourth-order valence-corrected chi connectivity index (χ4v) is 0.905. The van der Waals surface area contributed by atoms with Crippen molar-refractivity contribution in [3.8, 4) is 17.2 Å². The highest BCUT2D eigenvalue weighted by atomic mass is 35.5. The van der Waals surface area contributed by atoms with Crippen molar-refractivity contribution in [3.63, 3.8) is 0 Å². The molecule has 0 bridgehead atoms. The van der Waals surface area contributed by atoms with Gasteiger partial charge in [0.2, 0.25) is 0 Å². The third-order valence-corrected chi connectivity index (χ3v) is 1.82. The van der Waals surface area contributed by atoms with Crippen LogP contribution in [0.25, 0.3) is 0 Å². The summed E-state index contributed by atoms with van der Waals surface area (Å²) in [6.45, 7) is 1.50. The Bertz CT molecular complexity index is 270. The number of phenolic OH excluding ortho intramolecular Hbond substituents is 3. The lowest BCUT2D eigenvalue weighted by molar-refractivity contribution is 0.423. The van der Waals surface area contributed by atoms with Gasteiger partial charge in [-0.25, -0.2) is 0 Å². The third-order valence-electron chi connectivity index (χ3n) is 1.45. The van der Waals surface area contributed by atoms with Crippen molar-refractivity contribution in [2.24, 2.45) is 0 Å². The molecule has 0 amide bonds. The van der Waals surface area contributed by atoms with Crippen LogP contribution in [0.1, 0.15) is 5.56 Å². The van der Waals surface area contributed by atoms with Crippen molar-refractivity contribution in [1.82, 2.24) is 0 Å². The van der Waals surface area contributed by atoms with E-state index in [1.54, 1.807) is 0 Å². The summed E-state index contributed by atoms with van der Waals surface area (Å²) in [5.41, 5.74) is 0.257. The molecular weight excluding hydrogens is 168 g/mol. The fraction of sp³-hybridized carbons (Fsp3) is 0.143. The molecule has 0 saturated carbocycles. The second-order valence-corrected chi connectivity index (χ2v) is 2.58. The van der Waals surface area contributed by atoms with Crippen molar-refractivity contribution < 1.29 is 15.3 Å². The SMILES string of the molecule is Cc1c(O)cc(O)c(Cl)c1O. The van der Waals surface area contributed by atoms with Gasteiger partial charge < -0.3 is 15.3 Å². The first-order valence-electron chi connectivity index (χ1n) is 2.94. The topological polar surface area (TPSA) is 60.7 Å². The highest BCUT2D eigenvalue weighted by Crippen LogP contribution is 2.39. The molecule has 0 aliphatic carbocycles. The quantitative estimate of drug-likeness (QED) is 0.562. The maximum Gasteiger partial charge on any atom is 0.144 e. The summed E-state index contributed by atoms with van der Waals surface area (Å²) >= 11 is 5.44. The summed E-state index contributed by atoms with van der Waals surface area (Å²) in [4.78, 5) is 0. The number of phenols is 3. The number of aromatic hydroxyl groups is 3. The molecule has 0 heterocycles. The maximum absolute atomic E-state index is 9.12. The maximum atomic E-state index is 9.12. The predicted octanol–water partition coefficient (Wildman–Crippen LogP) is 1.77. The van der Waals surface area contributed by atoms with E-state index >= 15 is 0 Å². The molecule has 0 atom stereocenters. The minimum atomic E-state index is -0.327. The third kappa shape index (κ3) is 1.19. The smallest absolute Gasteiger partial charge is 0.144 e. The Morgan fingerprint density at radius 3 is 2.27 bits per heavy atom. The molecule has 0 spiro atoms. The van der Waals surface area contributed by atoms with E-state index in [1.165, 1.54) is 6.92 Å². The van der Waals surface area contributed by atoms with Gasteiger partial charge in [0.25, 0.3) is 0 Å². The van der Waals surface area contributed by atoms with Gasteiger partial charge in [-0.15, -0.1) is 0 Å². The van der Waals surface area contributed by atoms with Crippen LogP contribution in [0.15, 0.2) is 6.07 Å². The lowest BCUT2D eigenvalue weighted by Crippen LogP contribution is -1.78. The van der Waals surface area contributed by atoms with E-state index < -0.39 is 0 Å². The van der Waals surface area contributed by atoms with Crippen molar-refractivity contribution in [2.45, 2.75) is 6.92 Å². The first-order valence-corrected chi connectivity index (χ1v) is 3.32. The standard InChI is InChI=1S/C7H7ClO3/c1-3-4(9)2-5(10)6(8)7(3)11/h2,9-11H,1H3. The largest absolute Gasteiger partial charge is 0.507 e. The van der Waals surface area contributed by atoms with Gasteiger partial charge in [0.1, 0.15) is 22.3 Å². The molecule has 1 aromatic rings. The average molecular weight is 175 g/mol. The monoisotopic (exact) mass is 174 g/mol. The van der Waals surface area contributed by atoms with Gasteiger partial charge in [0.15, 0.2) is 0 Å². The first kappa shape index (κ1) is 8.01. The molecule has 11 heavy (non-hydrogen) atoms. The molecule has 0 aliphatic heterocycles. The first-order chi connectivity index (χ1) is 5.04. The summed E-state index contributed by atoms with van der Waals surface area (Å²) in [7, 11) is 0. The van der Waals surface area contributed by atoms with Crippen LogP contribution in [0.5, 0.6) is 17.2 Å². The van der Waals surface area contributed by atoms with Gasteiger partial charge in [-0.3, -0.25) is 0 Å². The second-order valence-electron chi connectivity index (χ2n) is 2.20. The number of halogens is 1. The molecule has 1 rings (SSSR count). The van der Waals surface area contributed by atoms with E-state index in [4.69, 9.17) is 26.9 Å². The Labute approximate surface area is 68.5 Å². The van der Waals surface area contributed by atoms with Crippen molar-refractivity contribution in [1.29, 1.82) is 0 Å². The summed E-state index contributed by atoms with van der Waals surface area (Å²) < 4.78 is 0. The van der Waals surface area contributed by atoms with Crippen LogP contribution in [-0.4, -0.2) is 15.3 Å². The Balaban J connectivity index is 3.46.